The second kappa shape index (κ2) is 6.06. The SMILES string of the molecule is CC(C)(O)C1CCCN1Cc1ccc(OC(F)F)cc1. The monoisotopic (exact) mass is 285 g/mol. The molecule has 0 amide bonds. The first-order chi connectivity index (χ1) is 9.36. The summed E-state index contributed by atoms with van der Waals surface area (Å²) in [5.41, 5.74) is 0.303. The molecule has 5 heteroatoms. The largest absolute Gasteiger partial charge is 0.435 e. The summed E-state index contributed by atoms with van der Waals surface area (Å²) in [6, 6.07) is 6.82. The predicted molar refractivity (Wildman–Crippen MR) is 72.8 cm³/mol. The average molecular weight is 285 g/mol. The Labute approximate surface area is 118 Å². The maximum Gasteiger partial charge on any atom is 0.387 e. The van der Waals surface area contributed by atoms with Crippen molar-refractivity contribution in [2.75, 3.05) is 6.54 Å². The van der Waals surface area contributed by atoms with Crippen LogP contribution in [-0.2, 0) is 6.54 Å². The van der Waals surface area contributed by atoms with Gasteiger partial charge in [0.2, 0.25) is 0 Å². The van der Waals surface area contributed by atoms with E-state index in [2.05, 4.69) is 9.64 Å². The summed E-state index contributed by atoms with van der Waals surface area (Å²) in [5.74, 6) is 0.171. The van der Waals surface area contributed by atoms with Crippen molar-refractivity contribution in [1.29, 1.82) is 0 Å². The zero-order chi connectivity index (χ0) is 14.8. The highest BCUT2D eigenvalue weighted by Crippen LogP contribution is 2.28. The summed E-state index contributed by atoms with van der Waals surface area (Å²) in [4.78, 5) is 2.24. The Hall–Kier alpha value is -1.20. The first kappa shape index (κ1) is 15.2. The predicted octanol–water partition coefficient (Wildman–Crippen LogP) is 3.02. The van der Waals surface area contributed by atoms with E-state index >= 15 is 0 Å². The van der Waals surface area contributed by atoms with E-state index in [-0.39, 0.29) is 11.8 Å². The molecule has 1 atom stereocenters. The lowest BCUT2D eigenvalue weighted by atomic mass is 9.96. The van der Waals surface area contributed by atoms with E-state index in [9.17, 15) is 13.9 Å². The number of likely N-dealkylation sites (tertiary alicyclic amines) is 1. The third kappa shape index (κ3) is 3.90. The first-order valence-corrected chi connectivity index (χ1v) is 6.86. The van der Waals surface area contributed by atoms with Crippen LogP contribution >= 0.6 is 0 Å². The van der Waals surface area contributed by atoms with Gasteiger partial charge in [-0.05, 0) is 50.9 Å². The number of alkyl halides is 2. The normalized spacial score (nSPS) is 20.6. The van der Waals surface area contributed by atoms with Crippen LogP contribution in [0.5, 0.6) is 5.75 Å². The molecule has 112 valence electrons. The quantitative estimate of drug-likeness (QED) is 0.902. The van der Waals surface area contributed by atoms with Crippen LogP contribution in [-0.4, -0.2) is 34.8 Å². The van der Waals surface area contributed by atoms with Crippen LogP contribution in [0, 0.1) is 0 Å². The maximum atomic E-state index is 12.1. The molecule has 1 heterocycles. The highest BCUT2D eigenvalue weighted by molar-refractivity contribution is 5.27. The molecule has 3 nitrogen and oxygen atoms in total. The van der Waals surface area contributed by atoms with Gasteiger partial charge in [-0.15, -0.1) is 0 Å². The smallest absolute Gasteiger partial charge is 0.387 e. The topological polar surface area (TPSA) is 32.7 Å². The van der Waals surface area contributed by atoms with Crippen molar-refractivity contribution in [3.05, 3.63) is 29.8 Å². The van der Waals surface area contributed by atoms with E-state index in [1.807, 2.05) is 13.8 Å². The summed E-state index contributed by atoms with van der Waals surface area (Å²) in [7, 11) is 0. The van der Waals surface area contributed by atoms with Gasteiger partial charge in [0.25, 0.3) is 0 Å². The van der Waals surface area contributed by atoms with E-state index < -0.39 is 12.2 Å². The van der Waals surface area contributed by atoms with E-state index in [1.54, 1.807) is 24.3 Å². The minimum Gasteiger partial charge on any atom is -0.435 e. The number of benzene rings is 1. The Morgan fingerprint density at radius 1 is 1.35 bits per heavy atom. The Balaban J connectivity index is 1.99. The lowest BCUT2D eigenvalue weighted by molar-refractivity contribution is -0.0498. The second-order valence-corrected chi connectivity index (χ2v) is 5.80. The first-order valence-electron chi connectivity index (χ1n) is 6.86. The Morgan fingerprint density at radius 2 is 2.00 bits per heavy atom. The van der Waals surface area contributed by atoms with E-state index in [1.165, 1.54) is 0 Å². The van der Waals surface area contributed by atoms with Crippen LogP contribution in [0.4, 0.5) is 8.78 Å². The minimum absolute atomic E-state index is 0.138. The standard InChI is InChI=1S/C15H21F2NO2/c1-15(2,19)13-4-3-9-18(13)10-11-5-7-12(8-6-11)20-14(16)17/h5-8,13-14,19H,3-4,9-10H2,1-2H3. The van der Waals surface area contributed by atoms with Crippen LogP contribution in [0.3, 0.4) is 0 Å². The van der Waals surface area contributed by atoms with Crippen molar-refractivity contribution in [2.24, 2.45) is 0 Å². The molecular weight excluding hydrogens is 264 g/mol. The summed E-state index contributed by atoms with van der Waals surface area (Å²) in [6.45, 7) is 2.53. The van der Waals surface area contributed by atoms with Crippen LogP contribution in [0.2, 0.25) is 0 Å². The molecule has 1 aliphatic rings. The molecule has 1 N–H and O–H groups in total. The number of halogens is 2. The molecule has 0 bridgehead atoms. The molecule has 1 aromatic carbocycles. The number of rotatable bonds is 5. The number of ether oxygens (including phenoxy) is 1. The molecule has 0 aliphatic carbocycles. The molecule has 20 heavy (non-hydrogen) atoms. The number of hydrogen-bond donors (Lipinski definition) is 1. The van der Waals surface area contributed by atoms with Crippen molar-refractivity contribution in [3.8, 4) is 5.75 Å². The van der Waals surface area contributed by atoms with Crippen molar-refractivity contribution < 1.29 is 18.6 Å². The molecule has 1 unspecified atom stereocenters. The highest BCUT2D eigenvalue weighted by atomic mass is 19.3. The van der Waals surface area contributed by atoms with E-state index in [0.717, 1.165) is 24.9 Å². The molecule has 0 aromatic heterocycles. The van der Waals surface area contributed by atoms with Crippen molar-refractivity contribution in [2.45, 2.75) is 51.5 Å². The molecule has 1 saturated heterocycles. The molecular formula is C15H21F2NO2. The van der Waals surface area contributed by atoms with Crippen LogP contribution in [0.15, 0.2) is 24.3 Å². The van der Waals surface area contributed by atoms with Crippen molar-refractivity contribution >= 4 is 0 Å². The summed E-state index contributed by atoms with van der Waals surface area (Å²) >= 11 is 0. The molecule has 0 radical (unpaired) electrons. The zero-order valence-corrected chi connectivity index (χ0v) is 11.9. The fraction of sp³-hybridized carbons (Fsp3) is 0.600. The molecule has 0 saturated carbocycles. The van der Waals surface area contributed by atoms with Crippen LogP contribution < -0.4 is 4.74 Å². The third-order valence-corrected chi connectivity index (χ3v) is 3.71. The Morgan fingerprint density at radius 3 is 2.55 bits per heavy atom. The van der Waals surface area contributed by atoms with Gasteiger partial charge in [0.1, 0.15) is 5.75 Å². The fourth-order valence-electron chi connectivity index (χ4n) is 2.83. The number of aliphatic hydroxyl groups is 1. The van der Waals surface area contributed by atoms with E-state index in [0.29, 0.717) is 6.54 Å². The van der Waals surface area contributed by atoms with Gasteiger partial charge in [0, 0.05) is 12.6 Å². The second-order valence-electron chi connectivity index (χ2n) is 5.80. The van der Waals surface area contributed by atoms with Gasteiger partial charge in [0.15, 0.2) is 0 Å². The molecule has 1 aromatic rings. The molecule has 0 spiro atoms. The molecule has 1 fully saturated rings. The maximum absolute atomic E-state index is 12.1. The van der Waals surface area contributed by atoms with Gasteiger partial charge in [-0.2, -0.15) is 8.78 Å². The molecule has 2 rings (SSSR count). The Kier molecular flexibility index (Phi) is 4.60. The lowest BCUT2D eigenvalue weighted by Crippen LogP contribution is -2.45. The number of nitrogens with zero attached hydrogens (tertiary/aromatic N) is 1. The molecule has 1 aliphatic heterocycles. The summed E-state index contributed by atoms with van der Waals surface area (Å²) in [6.07, 6.45) is 2.05. The number of hydrogen-bond acceptors (Lipinski definition) is 3. The van der Waals surface area contributed by atoms with E-state index in [4.69, 9.17) is 0 Å². The van der Waals surface area contributed by atoms with Gasteiger partial charge in [-0.3, -0.25) is 4.90 Å². The van der Waals surface area contributed by atoms with Crippen molar-refractivity contribution in [3.63, 3.8) is 0 Å². The minimum atomic E-state index is -2.79. The van der Waals surface area contributed by atoms with Gasteiger partial charge in [0.05, 0.1) is 5.60 Å². The van der Waals surface area contributed by atoms with Crippen molar-refractivity contribution in [1.82, 2.24) is 4.90 Å². The zero-order valence-electron chi connectivity index (χ0n) is 11.9. The Bertz CT molecular complexity index is 428. The lowest BCUT2D eigenvalue weighted by Gasteiger charge is -2.33. The highest BCUT2D eigenvalue weighted by Gasteiger charge is 2.35. The van der Waals surface area contributed by atoms with Gasteiger partial charge < -0.3 is 9.84 Å². The summed E-state index contributed by atoms with van der Waals surface area (Å²) < 4.78 is 28.5. The van der Waals surface area contributed by atoms with Crippen LogP contribution in [0.25, 0.3) is 0 Å². The van der Waals surface area contributed by atoms with Gasteiger partial charge in [-0.1, -0.05) is 12.1 Å². The fourth-order valence-corrected chi connectivity index (χ4v) is 2.83. The van der Waals surface area contributed by atoms with Gasteiger partial charge >= 0.3 is 6.61 Å². The van der Waals surface area contributed by atoms with Crippen LogP contribution in [0.1, 0.15) is 32.3 Å². The average Bonchev–Trinajstić information content (AvgIpc) is 2.79. The van der Waals surface area contributed by atoms with Gasteiger partial charge in [-0.25, -0.2) is 0 Å². The third-order valence-electron chi connectivity index (χ3n) is 3.71. The summed E-state index contributed by atoms with van der Waals surface area (Å²) in [5, 5.41) is 10.2.